The first-order valence-electron chi connectivity index (χ1n) is 9.29. The molecule has 0 fully saturated rings. The number of carbonyl (C=O) groups excluding carboxylic acids is 4. The molecule has 2 heterocycles. The molecule has 6 nitrogen and oxygen atoms in total. The summed E-state index contributed by atoms with van der Waals surface area (Å²) >= 11 is 0. The predicted octanol–water partition coefficient (Wildman–Crippen LogP) is 5.52. The van der Waals surface area contributed by atoms with E-state index in [0.29, 0.717) is 22.3 Å². The minimum atomic E-state index is -0.550. The summed E-state index contributed by atoms with van der Waals surface area (Å²) in [6.45, 7) is 12.0. The SMILES string of the molecule is CC.CC.CC.O=C1OC(=O)c2ccccc21.O=C1OC(=O)c2ccccc21.[CH3-].[Fm]. The fraction of sp³-hybridized carbons (Fsp3) is 0.261. The molecule has 0 bridgehead atoms. The van der Waals surface area contributed by atoms with E-state index in [-0.39, 0.29) is 7.43 Å². The molecule has 2 aliphatic rings. The van der Waals surface area contributed by atoms with Crippen molar-refractivity contribution in [3.8, 4) is 0 Å². The summed E-state index contributed by atoms with van der Waals surface area (Å²) in [6.07, 6.45) is 0. The number of hydrogen-bond acceptors (Lipinski definition) is 6. The minimum absolute atomic E-state index is 0. The standard InChI is InChI=1S/2C8H4O3.3C2H6.CH3.Fm/c2*9-7-5-3-1-2-4-6(5)8(10)11-7;3*1-2;;/h2*1-4H;3*1-2H3;1H3;/q;;;;;-1;. The fourth-order valence-corrected chi connectivity index (χ4v) is 2.07. The number of benzene rings is 2. The second kappa shape index (κ2) is 15.7. The van der Waals surface area contributed by atoms with Crippen LogP contribution in [0.2, 0.25) is 0 Å². The van der Waals surface area contributed by atoms with Crippen LogP contribution in [0.15, 0.2) is 48.5 Å². The van der Waals surface area contributed by atoms with E-state index < -0.39 is 23.9 Å². The van der Waals surface area contributed by atoms with Gasteiger partial charge in [0, 0.05) is 0 Å². The zero-order valence-electron chi connectivity index (χ0n) is 18.4. The smallest absolute Gasteiger partial charge is 0.346 e. The van der Waals surface area contributed by atoms with Gasteiger partial charge in [0.1, 0.15) is 0 Å². The Labute approximate surface area is 172 Å². The van der Waals surface area contributed by atoms with Gasteiger partial charge in [0.25, 0.3) is 0 Å². The van der Waals surface area contributed by atoms with Gasteiger partial charge in [-0.15, -0.1) is 0 Å². The van der Waals surface area contributed by atoms with Gasteiger partial charge in [-0.25, -0.2) is 19.2 Å². The maximum Gasteiger partial charge on any atom is 0.346 e. The quantitative estimate of drug-likeness (QED) is 0.211. The normalized spacial score (nSPS) is 11.3. The van der Waals surface area contributed by atoms with Crippen molar-refractivity contribution in [2.24, 2.45) is 0 Å². The maximum absolute atomic E-state index is 10.8. The zero-order valence-corrected chi connectivity index (χ0v) is 20.8. The summed E-state index contributed by atoms with van der Waals surface area (Å²) in [5.41, 5.74) is 1.44. The molecule has 0 aromatic heterocycles. The van der Waals surface area contributed by atoms with Gasteiger partial charge in [-0.05, 0) is 24.3 Å². The van der Waals surface area contributed by atoms with E-state index >= 15 is 0 Å². The third-order valence-electron chi connectivity index (χ3n) is 3.10. The molecule has 4 rings (SSSR count). The Kier molecular flexibility index (Phi) is 16.0. The number of cyclic esters (lactones) is 4. The minimum Gasteiger partial charge on any atom is -0.386 e. The Bertz CT molecular complexity index is 694. The van der Waals surface area contributed by atoms with Crippen LogP contribution < -0.4 is 0 Å². The van der Waals surface area contributed by atoms with Crippen LogP contribution in [0, 0.1) is 7.43 Å². The second-order valence-corrected chi connectivity index (χ2v) is 4.45. The van der Waals surface area contributed by atoms with Crippen molar-refractivity contribution in [2.75, 3.05) is 0 Å². The van der Waals surface area contributed by atoms with Crippen molar-refractivity contribution in [3.05, 3.63) is 78.2 Å². The number of carbonyl (C=O) groups is 4. The molecule has 0 radical (unpaired) electrons. The number of rotatable bonds is 0. The van der Waals surface area contributed by atoms with Gasteiger partial charge in [-0.2, -0.15) is 0 Å². The molecule has 2 aromatic rings. The Hall–Kier alpha value is -4.28. The zero-order chi connectivity index (χ0) is 21.7. The molecular weight excluding hydrogens is 629 g/mol. The maximum atomic E-state index is 10.8. The van der Waals surface area contributed by atoms with E-state index in [1.807, 2.05) is 41.5 Å². The van der Waals surface area contributed by atoms with E-state index in [9.17, 15) is 19.2 Å². The number of hydrogen-bond donors (Lipinski definition) is 0. The molecule has 0 spiro atoms. The largest absolute Gasteiger partial charge is 0.386 e. The van der Waals surface area contributed by atoms with Crippen LogP contribution >= 0.6 is 0 Å². The number of fused-ring (bicyclic) bond motifs is 2. The summed E-state index contributed by atoms with van der Waals surface area (Å²) in [5.74, 6) is -2.20. The first-order valence-corrected chi connectivity index (χ1v) is 9.29. The van der Waals surface area contributed by atoms with Crippen LogP contribution in [0.25, 0.3) is 0 Å². The Balaban J connectivity index is -0.000000370. The number of ether oxygens (including phenoxy) is 2. The van der Waals surface area contributed by atoms with Crippen molar-refractivity contribution < 1.29 is 28.7 Å². The van der Waals surface area contributed by atoms with E-state index in [0.717, 1.165) is 0 Å². The predicted molar refractivity (Wildman–Crippen MR) is 113 cm³/mol. The van der Waals surface area contributed by atoms with Gasteiger partial charge in [-0.3, -0.25) is 0 Å². The Morgan fingerprint density at radius 1 is 0.467 bits per heavy atom. The third kappa shape index (κ3) is 7.03. The molecule has 0 aliphatic carbocycles. The van der Waals surface area contributed by atoms with E-state index in [4.69, 9.17) is 0 Å². The average molecular weight is 658 g/mol. The topological polar surface area (TPSA) is 86.7 Å². The average Bonchev–Trinajstić information content (AvgIpc) is 3.23. The summed E-state index contributed by atoms with van der Waals surface area (Å²) in [7, 11) is 0. The number of esters is 4. The van der Waals surface area contributed by atoms with Crippen molar-refractivity contribution in [1.29, 1.82) is 0 Å². The first-order chi connectivity index (χ1) is 13.6. The van der Waals surface area contributed by atoms with E-state index in [2.05, 4.69) is 9.47 Å². The summed E-state index contributed by atoms with van der Waals surface area (Å²) in [6, 6.07) is 13.1. The molecule has 0 unspecified atom stereocenters. The monoisotopic (exact) mass is 658 g/mol. The molecule has 0 atom stereocenters. The summed E-state index contributed by atoms with van der Waals surface area (Å²) in [5, 5.41) is 0. The summed E-state index contributed by atoms with van der Waals surface area (Å²) < 4.78 is 8.71. The van der Waals surface area contributed by atoms with Gasteiger partial charge in [0.2, 0.25) is 0 Å². The van der Waals surface area contributed by atoms with Gasteiger partial charge in [0.15, 0.2) is 0 Å². The molecule has 2 aromatic carbocycles. The van der Waals surface area contributed by atoms with Crippen LogP contribution in [-0.4, -0.2) is 23.9 Å². The Morgan fingerprint density at radius 3 is 0.800 bits per heavy atom. The van der Waals surface area contributed by atoms with Gasteiger partial charge in [-0.1, -0.05) is 65.8 Å². The molecule has 2 aliphatic heterocycles. The van der Waals surface area contributed by atoms with Crippen molar-refractivity contribution in [3.63, 3.8) is 0 Å². The summed E-state index contributed by atoms with van der Waals surface area (Å²) in [4.78, 5) is 43.3. The molecular formula is C23H29FmO6-. The Morgan fingerprint density at radius 2 is 0.633 bits per heavy atom. The molecule has 7 heteroatoms. The van der Waals surface area contributed by atoms with Crippen molar-refractivity contribution in [1.82, 2.24) is 0 Å². The van der Waals surface area contributed by atoms with Crippen LogP contribution in [0.4, 0.5) is 0 Å². The molecule has 0 N–H and O–H groups in total. The van der Waals surface area contributed by atoms with Crippen LogP contribution in [0.3, 0.4) is 0 Å². The van der Waals surface area contributed by atoms with Gasteiger partial charge >= 0.3 is 23.9 Å². The third-order valence-corrected chi connectivity index (χ3v) is 3.10. The molecule has 0 saturated heterocycles. The van der Waals surface area contributed by atoms with E-state index in [1.54, 1.807) is 48.5 Å². The molecule has 170 valence electrons. The molecule has 0 saturated carbocycles. The van der Waals surface area contributed by atoms with Crippen LogP contribution in [0.5, 0.6) is 0 Å². The van der Waals surface area contributed by atoms with Gasteiger partial charge < -0.3 is 16.9 Å². The van der Waals surface area contributed by atoms with Crippen LogP contribution in [0.1, 0.15) is 83.0 Å². The van der Waals surface area contributed by atoms with Crippen molar-refractivity contribution in [2.45, 2.75) is 41.5 Å². The first kappa shape index (κ1) is 30.4. The second-order valence-electron chi connectivity index (χ2n) is 4.45. The molecule has 0 amide bonds. The van der Waals surface area contributed by atoms with Crippen molar-refractivity contribution >= 4 is 23.9 Å². The fourth-order valence-electron chi connectivity index (χ4n) is 2.07. The van der Waals surface area contributed by atoms with Gasteiger partial charge in [0.05, 0.1) is 22.3 Å². The molecule has 30 heavy (non-hydrogen) atoms. The van der Waals surface area contributed by atoms with E-state index in [1.165, 1.54) is 0 Å². The van der Waals surface area contributed by atoms with Crippen LogP contribution in [-0.2, 0) is 9.47 Å².